The molecule has 0 amide bonds. The number of aliphatic hydroxyl groups excluding tert-OH is 1. The number of esters is 4. The van der Waals surface area contributed by atoms with Crippen LogP contribution >= 0.6 is 15.6 Å². The van der Waals surface area contributed by atoms with Crippen LogP contribution in [0.25, 0.3) is 0 Å². The van der Waals surface area contributed by atoms with E-state index in [4.69, 9.17) is 37.0 Å². The Kier molecular flexibility index (Phi) is 68.0. The van der Waals surface area contributed by atoms with Crippen molar-refractivity contribution in [2.75, 3.05) is 39.6 Å². The average Bonchev–Trinajstić information content (AvgIpc) is 0.986. The maximum Gasteiger partial charge on any atom is 0.472 e. The lowest BCUT2D eigenvalue weighted by molar-refractivity contribution is -0.161. The van der Waals surface area contributed by atoms with E-state index < -0.39 is 97.5 Å². The van der Waals surface area contributed by atoms with Crippen LogP contribution in [0.4, 0.5) is 0 Å². The molecule has 19 heteroatoms. The summed E-state index contributed by atoms with van der Waals surface area (Å²) in [6, 6.07) is 0. The lowest BCUT2D eigenvalue weighted by Gasteiger charge is -2.21. The number of carbonyl (C=O) groups excluding carboxylic acids is 4. The van der Waals surface area contributed by atoms with Gasteiger partial charge in [-0.1, -0.05) is 265 Å². The molecule has 0 aromatic heterocycles. The molecule has 98 heavy (non-hydrogen) atoms. The first-order chi connectivity index (χ1) is 47.7. The van der Waals surface area contributed by atoms with E-state index in [0.717, 1.165) is 173 Å². The van der Waals surface area contributed by atoms with Gasteiger partial charge < -0.3 is 33.8 Å². The number of carbonyl (C=O) groups is 4. The second-order valence-corrected chi connectivity index (χ2v) is 28.1. The van der Waals surface area contributed by atoms with Crippen LogP contribution in [0.3, 0.4) is 0 Å². The summed E-state index contributed by atoms with van der Waals surface area (Å²) in [5.74, 6) is -2.23. The van der Waals surface area contributed by atoms with E-state index in [9.17, 15) is 43.2 Å². The first-order valence-electron chi connectivity index (χ1n) is 38.1. The standard InChI is InChI=1S/C79H136O17P2/c1-5-9-13-17-21-25-29-32-35-36-39-41-45-48-52-56-60-64-77(82)90-70-75(96-79(84)66-62-58-54-50-46-42-38-34-31-27-23-19-15-11-7-3)72-94-98(87,88)92-68-73(80)67-91-97(85,86)93-71-74(95-78(83)65-61-57-53-49-43-28-24-20-16-12-8-4)69-89-76(81)63-59-55-51-47-44-40-37-33-30-26-22-18-14-10-6-2/h9,11,13,15,21-23,25-27,32-35,37-39,41,73-75,80H,5-8,10,12,14,16-20,24,28-31,36,40,42-72H2,1-4H3,(H,85,86)(H,87,88)/b13-9-,15-11-,25-21-,26-22-,27-23-,35-32-,37-33-,38-34-,41-39-. The van der Waals surface area contributed by atoms with Crippen molar-refractivity contribution in [2.24, 2.45) is 0 Å². The minimum atomic E-state index is -4.98. The highest BCUT2D eigenvalue weighted by atomic mass is 31.2. The molecule has 0 rings (SSSR count). The fourth-order valence-corrected chi connectivity index (χ4v) is 11.5. The van der Waals surface area contributed by atoms with Crippen LogP contribution in [-0.2, 0) is 65.4 Å². The van der Waals surface area contributed by atoms with Crippen LogP contribution in [0.1, 0.15) is 310 Å². The molecule has 0 bridgehead atoms. The predicted octanol–water partition coefficient (Wildman–Crippen LogP) is 21.8. The molecule has 5 unspecified atom stereocenters. The molecular weight excluding hydrogens is 1280 g/mol. The van der Waals surface area contributed by atoms with Gasteiger partial charge in [-0.2, -0.15) is 0 Å². The summed E-state index contributed by atoms with van der Waals surface area (Å²) in [6.45, 7) is 4.56. The van der Waals surface area contributed by atoms with Crippen LogP contribution < -0.4 is 0 Å². The van der Waals surface area contributed by atoms with Crippen molar-refractivity contribution >= 4 is 39.5 Å². The third kappa shape index (κ3) is 70.2. The minimum absolute atomic E-state index is 0.0683. The van der Waals surface area contributed by atoms with Crippen LogP contribution in [0.5, 0.6) is 0 Å². The number of phosphoric ester groups is 2. The molecule has 0 aliphatic heterocycles. The third-order valence-electron chi connectivity index (χ3n) is 15.7. The second kappa shape index (κ2) is 71.1. The fourth-order valence-electron chi connectivity index (χ4n) is 9.96. The number of hydrogen-bond acceptors (Lipinski definition) is 15. The van der Waals surface area contributed by atoms with Gasteiger partial charge in [0.2, 0.25) is 0 Å². The van der Waals surface area contributed by atoms with Gasteiger partial charge in [-0.25, -0.2) is 9.13 Å². The van der Waals surface area contributed by atoms with Crippen LogP contribution in [-0.4, -0.2) is 96.7 Å². The molecular formula is C79H136O17P2. The maximum absolute atomic E-state index is 13.1. The molecule has 0 saturated carbocycles. The lowest BCUT2D eigenvalue weighted by Crippen LogP contribution is -2.30. The van der Waals surface area contributed by atoms with Gasteiger partial charge in [-0.3, -0.25) is 37.3 Å². The molecule has 0 spiro atoms. The van der Waals surface area contributed by atoms with Crippen molar-refractivity contribution in [1.29, 1.82) is 0 Å². The Hall–Kier alpha value is -4.28. The molecule has 5 atom stereocenters. The van der Waals surface area contributed by atoms with E-state index in [-0.39, 0.29) is 25.7 Å². The molecule has 0 aromatic rings. The SMILES string of the molecule is CC/C=C\C/C=C\C/C=C\C/C=C\CCCCCCC(=O)OCC(COP(=O)(O)OCC(O)COP(=O)(O)OCC(COC(=O)CCCCCCC/C=C\C/C=C\CCCCC)OC(=O)CCCCCCCCCCCCC)OC(=O)CCCCCCC/C=C\C/C=C\C/C=C\CC. The molecule has 0 aromatic carbocycles. The first kappa shape index (κ1) is 93.7. The van der Waals surface area contributed by atoms with E-state index in [1.807, 2.05) is 0 Å². The topological polar surface area (TPSA) is 237 Å². The van der Waals surface area contributed by atoms with Crippen molar-refractivity contribution in [1.82, 2.24) is 0 Å². The number of unbranched alkanes of at least 4 members (excludes halogenated alkanes) is 27. The second-order valence-electron chi connectivity index (χ2n) is 25.2. The Morgan fingerprint density at radius 1 is 0.296 bits per heavy atom. The monoisotopic (exact) mass is 1420 g/mol. The average molecular weight is 1420 g/mol. The number of allylic oxidation sites excluding steroid dienone is 18. The van der Waals surface area contributed by atoms with Gasteiger partial charge in [0.05, 0.1) is 26.4 Å². The summed E-state index contributed by atoms with van der Waals surface area (Å²) >= 11 is 0. The Balaban J connectivity index is 5.37. The van der Waals surface area contributed by atoms with Crippen molar-refractivity contribution in [3.05, 3.63) is 109 Å². The van der Waals surface area contributed by atoms with Crippen molar-refractivity contribution < 1.29 is 80.2 Å². The van der Waals surface area contributed by atoms with Crippen molar-refractivity contribution in [3.63, 3.8) is 0 Å². The van der Waals surface area contributed by atoms with Gasteiger partial charge in [0.15, 0.2) is 12.2 Å². The van der Waals surface area contributed by atoms with E-state index in [2.05, 4.69) is 137 Å². The number of phosphoric acid groups is 2. The highest BCUT2D eigenvalue weighted by Crippen LogP contribution is 2.45. The lowest BCUT2D eigenvalue weighted by atomic mass is 10.1. The zero-order chi connectivity index (χ0) is 71.8. The third-order valence-corrected chi connectivity index (χ3v) is 17.6. The summed E-state index contributed by atoms with van der Waals surface area (Å²) in [6.07, 6.45) is 75.1. The Bertz CT molecular complexity index is 2290. The van der Waals surface area contributed by atoms with Crippen molar-refractivity contribution in [2.45, 2.75) is 329 Å². The Morgan fingerprint density at radius 3 is 0.837 bits per heavy atom. The van der Waals surface area contributed by atoms with E-state index in [1.165, 1.54) is 57.8 Å². The van der Waals surface area contributed by atoms with Crippen LogP contribution in [0.15, 0.2) is 109 Å². The molecule has 0 aliphatic carbocycles. The minimum Gasteiger partial charge on any atom is -0.462 e. The number of rotatable bonds is 71. The smallest absolute Gasteiger partial charge is 0.462 e. The molecule has 564 valence electrons. The molecule has 0 heterocycles. The summed E-state index contributed by atoms with van der Waals surface area (Å²) in [5.41, 5.74) is 0. The number of ether oxygens (including phenoxy) is 4. The molecule has 0 fully saturated rings. The normalized spacial score (nSPS) is 14.6. The van der Waals surface area contributed by atoms with Crippen LogP contribution in [0, 0.1) is 0 Å². The Morgan fingerprint density at radius 2 is 0.531 bits per heavy atom. The zero-order valence-corrected chi connectivity index (χ0v) is 63.2. The molecule has 0 radical (unpaired) electrons. The molecule has 0 aliphatic rings. The van der Waals surface area contributed by atoms with Gasteiger partial charge >= 0.3 is 39.5 Å². The first-order valence-corrected chi connectivity index (χ1v) is 41.1. The van der Waals surface area contributed by atoms with Gasteiger partial charge in [0.25, 0.3) is 0 Å². The summed E-state index contributed by atoms with van der Waals surface area (Å²) in [5, 5.41) is 10.6. The number of aliphatic hydroxyl groups is 1. The van der Waals surface area contributed by atoms with E-state index in [0.29, 0.717) is 25.7 Å². The van der Waals surface area contributed by atoms with E-state index in [1.54, 1.807) is 0 Å². The van der Waals surface area contributed by atoms with Gasteiger partial charge in [-0.05, 0) is 128 Å². The summed E-state index contributed by atoms with van der Waals surface area (Å²) in [7, 11) is -9.96. The molecule has 0 saturated heterocycles. The number of hydrogen-bond donors (Lipinski definition) is 3. The van der Waals surface area contributed by atoms with Crippen LogP contribution in [0.2, 0.25) is 0 Å². The van der Waals surface area contributed by atoms with Gasteiger partial charge in [0.1, 0.15) is 19.3 Å². The highest BCUT2D eigenvalue weighted by Gasteiger charge is 2.30. The van der Waals surface area contributed by atoms with Gasteiger partial charge in [-0.15, -0.1) is 0 Å². The maximum atomic E-state index is 13.1. The fraction of sp³-hybridized carbons (Fsp3) is 0.722. The zero-order valence-electron chi connectivity index (χ0n) is 61.4. The summed E-state index contributed by atoms with van der Waals surface area (Å²) in [4.78, 5) is 72.8. The van der Waals surface area contributed by atoms with E-state index >= 15 is 0 Å². The molecule has 17 nitrogen and oxygen atoms in total. The van der Waals surface area contributed by atoms with Gasteiger partial charge in [0, 0.05) is 25.7 Å². The predicted molar refractivity (Wildman–Crippen MR) is 399 cm³/mol. The Labute approximate surface area is 594 Å². The molecule has 3 N–H and O–H groups in total. The van der Waals surface area contributed by atoms with Crippen molar-refractivity contribution in [3.8, 4) is 0 Å². The highest BCUT2D eigenvalue weighted by molar-refractivity contribution is 7.47. The largest absolute Gasteiger partial charge is 0.472 e. The quantitative estimate of drug-likeness (QED) is 0.0169. The summed E-state index contributed by atoms with van der Waals surface area (Å²) < 4.78 is 68.4.